The average Bonchev–Trinajstić information content (AvgIpc) is 3.59. The van der Waals surface area contributed by atoms with E-state index in [1.807, 2.05) is 35.0 Å². The minimum atomic E-state index is -0.993. The molecule has 0 aliphatic heterocycles. The van der Waals surface area contributed by atoms with Gasteiger partial charge < -0.3 is 9.67 Å². The van der Waals surface area contributed by atoms with Gasteiger partial charge in [-0.1, -0.05) is 12.1 Å². The van der Waals surface area contributed by atoms with E-state index in [2.05, 4.69) is 44.6 Å². The quantitative estimate of drug-likeness (QED) is 0.266. The Hall–Kier alpha value is -3.86. The van der Waals surface area contributed by atoms with Crippen molar-refractivity contribution in [1.29, 1.82) is 0 Å². The van der Waals surface area contributed by atoms with Gasteiger partial charge in [0.15, 0.2) is 0 Å². The molecule has 0 aliphatic carbocycles. The van der Waals surface area contributed by atoms with E-state index in [0.29, 0.717) is 10.8 Å². The fraction of sp³-hybridized carbons (Fsp3) is 0.259. The van der Waals surface area contributed by atoms with Crippen molar-refractivity contribution in [3.8, 4) is 10.4 Å². The molecule has 4 heterocycles. The largest absolute Gasteiger partial charge is 0.389 e. The van der Waals surface area contributed by atoms with Crippen LogP contribution in [-0.4, -0.2) is 53.3 Å². The van der Waals surface area contributed by atoms with Crippen LogP contribution in [0.25, 0.3) is 21.5 Å². The number of nitrogens with one attached hydrogen (secondary N) is 2. The number of carbonyl (C=O) groups excluding carboxylic acids is 1. The van der Waals surface area contributed by atoms with E-state index >= 15 is 0 Å². The molecule has 9 nitrogen and oxygen atoms in total. The van der Waals surface area contributed by atoms with E-state index in [4.69, 9.17) is 4.98 Å². The zero-order valence-electron chi connectivity index (χ0n) is 21.0. The summed E-state index contributed by atoms with van der Waals surface area (Å²) >= 11 is 1.39. The third kappa shape index (κ3) is 5.93. The monoisotopic (exact) mass is 515 g/mol. The fourth-order valence-electron chi connectivity index (χ4n) is 4.25. The summed E-state index contributed by atoms with van der Waals surface area (Å²) in [7, 11) is 2.06. The van der Waals surface area contributed by atoms with Gasteiger partial charge in [0, 0.05) is 42.1 Å². The summed E-state index contributed by atoms with van der Waals surface area (Å²) < 4.78 is 1.86. The lowest BCUT2D eigenvalue weighted by Gasteiger charge is -2.20. The molecule has 4 aromatic heterocycles. The number of hydrogen-bond donors (Lipinski definition) is 3. The van der Waals surface area contributed by atoms with E-state index in [-0.39, 0.29) is 12.5 Å². The van der Waals surface area contributed by atoms with Gasteiger partial charge in [-0.15, -0.1) is 11.3 Å². The lowest BCUT2D eigenvalue weighted by atomic mass is 10.1. The van der Waals surface area contributed by atoms with Crippen molar-refractivity contribution in [1.82, 2.24) is 29.6 Å². The Balaban J connectivity index is 1.39. The van der Waals surface area contributed by atoms with Gasteiger partial charge in [-0.2, -0.15) is 5.10 Å². The molecule has 0 saturated carbocycles. The maximum Gasteiger partial charge on any atom is 0.268 e. The van der Waals surface area contributed by atoms with E-state index in [9.17, 15) is 9.90 Å². The lowest BCUT2D eigenvalue weighted by molar-refractivity contribution is 0.0630. The van der Waals surface area contributed by atoms with Gasteiger partial charge in [0.25, 0.3) is 5.91 Å². The van der Waals surface area contributed by atoms with Gasteiger partial charge in [-0.05, 0) is 62.4 Å². The fourth-order valence-corrected chi connectivity index (χ4v) is 5.13. The number of imidazole rings is 1. The molecule has 10 heteroatoms. The molecular weight excluding hydrogens is 486 g/mol. The molecule has 0 fully saturated rings. The average molecular weight is 516 g/mol. The molecule has 1 aromatic carbocycles. The molecule has 0 atom stereocenters. The minimum absolute atomic E-state index is 0.247. The number of benzene rings is 1. The van der Waals surface area contributed by atoms with Crippen molar-refractivity contribution >= 4 is 34.2 Å². The number of amides is 1. The van der Waals surface area contributed by atoms with Gasteiger partial charge in [0.05, 0.1) is 34.3 Å². The molecule has 37 heavy (non-hydrogen) atoms. The summed E-state index contributed by atoms with van der Waals surface area (Å²) in [5.41, 5.74) is 3.80. The molecule has 0 aliphatic rings. The van der Waals surface area contributed by atoms with Crippen molar-refractivity contribution < 1.29 is 9.90 Å². The predicted molar refractivity (Wildman–Crippen MR) is 145 cm³/mol. The number of anilines is 1. The first kappa shape index (κ1) is 24.8. The highest BCUT2D eigenvalue weighted by molar-refractivity contribution is 7.17. The highest BCUT2D eigenvalue weighted by atomic mass is 32.1. The number of carbonyl (C=O) groups is 1. The third-order valence-corrected chi connectivity index (χ3v) is 6.96. The summed E-state index contributed by atoms with van der Waals surface area (Å²) in [6.45, 7) is 5.27. The molecular formula is C27H29N7O2S. The topological polar surface area (TPSA) is 112 Å². The number of nitrogens with zero attached hydrogens (tertiary/aromatic N) is 5. The first-order valence-corrected chi connectivity index (χ1v) is 12.8. The molecule has 0 bridgehead atoms. The maximum absolute atomic E-state index is 13.1. The van der Waals surface area contributed by atoms with Crippen LogP contribution in [0.5, 0.6) is 0 Å². The molecule has 0 saturated heterocycles. The lowest BCUT2D eigenvalue weighted by Crippen LogP contribution is -2.27. The van der Waals surface area contributed by atoms with Crippen LogP contribution in [0.4, 0.5) is 5.95 Å². The summed E-state index contributed by atoms with van der Waals surface area (Å²) in [6, 6.07) is 13.8. The van der Waals surface area contributed by atoms with Crippen molar-refractivity contribution in [3.63, 3.8) is 0 Å². The predicted octanol–water partition coefficient (Wildman–Crippen LogP) is 4.54. The molecule has 0 radical (unpaired) electrons. The van der Waals surface area contributed by atoms with Crippen LogP contribution in [0.15, 0.2) is 67.3 Å². The van der Waals surface area contributed by atoms with Crippen molar-refractivity contribution in [2.45, 2.75) is 39.1 Å². The van der Waals surface area contributed by atoms with Crippen LogP contribution in [0.1, 0.15) is 34.6 Å². The number of pyridine rings is 1. The van der Waals surface area contributed by atoms with Gasteiger partial charge in [-0.25, -0.2) is 4.98 Å². The van der Waals surface area contributed by atoms with Crippen LogP contribution >= 0.6 is 11.3 Å². The standard InChI is InChI=1S/C27H29N7O2S/c1-27(2,36)17-34-22-7-6-18(15-33(3)16-19-5-4-10-28-12-19)11-21(22)31-26(34)32-25(35)24-9-8-23(37-24)20-13-29-30-14-20/h4-14,36H,15-17H2,1-3H3,(H,29,30)(H,31,32,35). The molecule has 5 aromatic rings. The Labute approximate surface area is 218 Å². The second-order valence-electron chi connectivity index (χ2n) is 9.80. The molecule has 190 valence electrons. The maximum atomic E-state index is 13.1. The summed E-state index contributed by atoms with van der Waals surface area (Å²) in [6.07, 6.45) is 7.16. The van der Waals surface area contributed by atoms with Gasteiger partial charge >= 0.3 is 0 Å². The second kappa shape index (κ2) is 10.3. The molecule has 0 unspecified atom stereocenters. The Kier molecular flexibility index (Phi) is 6.88. The molecule has 1 amide bonds. The van der Waals surface area contributed by atoms with E-state index in [1.165, 1.54) is 11.3 Å². The van der Waals surface area contributed by atoms with Crippen molar-refractivity contribution in [2.24, 2.45) is 0 Å². The highest BCUT2D eigenvalue weighted by Gasteiger charge is 2.22. The Morgan fingerprint density at radius 3 is 2.73 bits per heavy atom. The highest BCUT2D eigenvalue weighted by Crippen LogP contribution is 2.29. The first-order chi connectivity index (χ1) is 17.7. The summed E-state index contributed by atoms with van der Waals surface area (Å²) in [5.74, 6) is 0.157. The first-order valence-electron chi connectivity index (χ1n) is 11.9. The van der Waals surface area contributed by atoms with Gasteiger partial charge in [0.1, 0.15) is 0 Å². The normalized spacial score (nSPS) is 11.9. The number of rotatable bonds is 9. The van der Waals surface area contributed by atoms with E-state index in [1.54, 1.807) is 38.5 Å². The molecule has 0 spiro atoms. The molecule has 5 rings (SSSR count). The summed E-state index contributed by atoms with van der Waals surface area (Å²) in [4.78, 5) is 25.8. The van der Waals surface area contributed by atoms with Crippen LogP contribution in [0, 0.1) is 0 Å². The Morgan fingerprint density at radius 1 is 1.16 bits per heavy atom. The van der Waals surface area contributed by atoms with Crippen molar-refractivity contribution in [2.75, 3.05) is 12.4 Å². The Bertz CT molecular complexity index is 1500. The zero-order valence-corrected chi connectivity index (χ0v) is 21.8. The van der Waals surface area contributed by atoms with Crippen LogP contribution in [-0.2, 0) is 19.6 Å². The number of aliphatic hydroxyl groups is 1. The zero-order chi connectivity index (χ0) is 26.0. The number of H-pyrrole nitrogens is 1. The van der Waals surface area contributed by atoms with E-state index < -0.39 is 5.60 Å². The van der Waals surface area contributed by atoms with E-state index in [0.717, 1.165) is 45.7 Å². The number of fused-ring (bicyclic) bond motifs is 1. The molecule has 3 N–H and O–H groups in total. The van der Waals surface area contributed by atoms with Gasteiger partial charge in [0.2, 0.25) is 5.95 Å². The van der Waals surface area contributed by atoms with Crippen LogP contribution < -0.4 is 5.32 Å². The van der Waals surface area contributed by atoms with Gasteiger partial charge in [-0.3, -0.25) is 25.1 Å². The number of thiophene rings is 1. The Morgan fingerprint density at radius 2 is 2.00 bits per heavy atom. The SMILES string of the molecule is CN(Cc1cccnc1)Cc1ccc2c(c1)nc(NC(=O)c1ccc(-c3cn[nH]c3)s1)n2CC(C)(C)O. The van der Waals surface area contributed by atoms with Crippen molar-refractivity contribution in [3.05, 3.63) is 83.3 Å². The number of aromatic amines is 1. The second-order valence-corrected chi connectivity index (χ2v) is 10.9. The van der Waals surface area contributed by atoms with Crippen LogP contribution in [0.3, 0.4) is 0 Å². The van der Waals surface area contributed by atoms with Crippen LogP contribution in [0.2, 0.25) is 0 Å². The smallest absolute Gasteiger partial charge is 0.268 e. The minimum Gasteiger partial charge on any atom is -0.389 e. The summed E-state index contributed by atoms with van der Waals surface area (Å²) in [5, 5.41) is 20.3. The number of hydrogen-bond acceptors (Lipinski definition) is 7. The third-order valence-electron chi connectivity index (χ3n) is 5.82. The number of aromatic nitrogens is 5.